The Labute approximate surface area is 261 Å². The summed E-state index contributed by atoms with van der Waals surface area (Å²) in [4.78, 5) is 2.39. The van der Waals surface area contributed by atoms with E-state index in [-0.39, 0.29) is 0 Å². The molecule has 1 nitrogen and oxygen atoms in total. The highest BCUT2D eigenvalue weighted by atomic mass is 15.1. The van der Waals surface area contributed by atoms with E-state index in [1.165, 1.54) is 61.2 Å². The molecule has 0 saturated carbocycles. The number of aryl methyl sites for hydroxylation is 3. The average molecular weight is 568 g/mol. The molecule has 214 valence electrons. The Morgan fingerprint density at radius 2 is 1.25 bits per heavy atom. The van der Waals surface area contributed by atoms with Gasteiger partial charge in [-0.1, -0.05) is 103 Å². The topological polar surface area (TPSA) is 3.24 Å². The van der Waals surface area contributed by atoms with Gasteiger partial charge in [-0.05, 0) is 137 Å². The molecule has 1 heteroatoms. The molecule has 0 spiro atoms. The molecular formula is C43H37N. The fourth-order valence-corrected chi connectivity index (χ4v) is 6.57. The molecule has 0 unspecified atom stereocenters. The van der Waals surface area contributed by atoms with Crippen LogP contribution in [-0.4, -0.2) is 0 Å². The van der Waals surface area contributed by atoms with Gasteiger partial charge in [0.25, 0.3) is 0 Å². The van der Waals surface area contributed by atoms with Crippen molar-refractivity contribution in [3.8, 4) is 22.3 Å². The van der Waals surface area contributed by atoms with Crippen LogP contribution in [0, 0.1) is 20.8 Å². The van der Waals surface area contributed by atoms with Crippen LogP contribution in [0.3, 0.4) is 0 Å². The van der Waals surface area contributed by atoms with E-state index in [0.29, 0.717) is 0 Å². The molecule has 0 atom stereocenters. The summed E-state index contributed by atoms with van der Waals surface area (Å²) in [6.07, 6.45) is 6.47. The number of anilines is 3. The molecule has 6 aromatic rings. The number of benzene rings is 6. The zero-order valence-corrected chi connectivity index (χ0v) is 25.7. The molecule has 0 aromatic heterocycles. The average Bonchev–Trinajstić information content (AvgIpc) is 3.52. The van der Waals surface area contributed by atoms with Crippen molar-refractivity contribution in [3.05, 3.63) is 178 Å². The van der Waals surface area contributed by atoms with Gasteiger partial charge < -0.3 is 4.90 Å². The van der Waals surface area contributed by atoms with Gasteiger partial charge in [0, 0.05) is 17.1 Å². The summed E-state index contributed by atoms with van der Waals surface area (Å²) in [7, 11) is 0. The van der Waals surface area contributed by atoms with Gasteiger partial charge in [0.1, 0.15) is 0 Å². The van der Waals surface area contributed by atoms with E-state index >= 15 is 0 Å². The minimum atomic E-state index is 0.930. The van der Waals surface area contributed by atoms with Crippen molar-refractivity contribution in [3.63, 3.8) is 0 Å². The van der Waals surface area contributed by atoms with E-state index in [2.05, 4.69) is 171 Å². The molecule has 6 aromatic carbocycles. The van der Waals surface area contributed by atoms with Crippen LogP contribution in [0.4, 0.5) is 17.1 Å². The number of hydrogen-bond acceptors (Lipinski definition) is 1. The molecule has 44 heavy (non-hydrogen) atoms. The van der Waals surface area contributed by atoms with Crippen LogP contribution in [0.5, 0.6) is 0 Å². The van der Waals surface area contributed by atoms with Crippen molar-refractivity contribution >= 4 is 23.1 Å². The lowest BCUT2D eigenvalue weighted by Crippen LogP contribution is -2.11. The molecule has 1 aliphatic rings. The normalized spacial score (nSPS) is 11.9. The molecule has 7 rings (SSSR count). The van der Waals surface area contributed by atoms with E-state index in [0.717, 1.165) is 29.9 Å². The van der Waals surface area contributed by atoms with E-state index in [1.807, 2.05) is 0 Å². The van der Waals surface area contributed by atoms with Crippen molar-refractivity contribution in [2.45, 2.75) is 33.6 Å². The maximum absolute atomic E-state index is 2.39. The van der Waals surface area contributed by atoms with Gasteiger partial charge >= 0.3 is 0 Å². The Balaban J connectivity index is 1.38. The van der Waals surface area contributed by atoms with Crippen LogP contribution in [0.1, 0.15) is 38.9 Å². The number of allylic oxidation sites excluding steroid dienone is 1. The molecule has 1 aliphatic carbocycles. The molecular weight excluding hydrogens is 530 g/mol. The number of hydrogen-bond donors (Lipinski definition) is 0. The van der Waals surface area contributed by atoms with Crippen molar-refractivity contribution in [2.75, 3.05) is 4.90 Å². The molecule has 0 heterocycles. The number of para-hydroxylation sites is 1. The van der Waals surface area contributed by atoms with Crippen molar-refractivity contribution in [2.24, 2.45) is 0 Å². The van der Waals surface area contributed by atoms with Crippen LogP contribution < -0.4 is 4.90 Å². The summed E-state index contributed by atoms with van der Waals surface area (Å²) in [6.45, 7) is 6.67. The number of rotatable bonds is 7. The predicted octanol–water partition coefficient (Wildman–Crippen LogP) is 11.6. The summed E-state index contributed by atoms with van der Waals surface area (Å²) in [5.41, 5.74) is 17.8. The first-order valence-electron chi connectivity index (χ1n) is 15.5. The zero-order chi connectivity index (χ0) is 30.0. The van der Waals surface area contributed by atoms with Crippen molar-refractivity contribution < 1.29 is 0 Å². The number of nitrogens with zero attached hydrogens (tertiary/aromatic N) is 1. The lowest BCUT2D eigenvalue weighted by molar-refractivity contribution is 1.15. The molecule has 0 N–H and O–H groups in total. The quantitative estimate of drug-likeness (QED) is 0.185. The monoisotopic (exact) mass is 567 g/mol. The summed E-state index contributed by atoms with van der Waals surface area (Å²) in [5, 5.41) is 0. The molecule has 0 saturated heterocycles. The third-order valence-electron chi connectivity index (χ3n) is 8.95. The molecule has 0 radical (unpaired) electrons. The highest BCUT2D eigenvalue weighted by molar-refractivity contribution is 5.92. The summed E-state index contributed by atoms with van der Waals surface area (Å²) in [5.74, 6) is 0. The molecule has 0 fully saturated rings. The van der Waals surface area contributed by atoms with Crippen LogP contribution in [0.2, 0.25) is 0 Å². The first-order valence-corrected chi connectivity index (χ1v) is 15.5. The van der Waals surface area contributed by atoms with Gasteiger partial charge in [0.15, 0.2) is 0 Å². The third kappa shape index (κ3) is 5.38. The Kier molecular flexibility index (Phi) is 7.46. The van der Waals surface area contributed by atoms with E-state index in [4.69, 9.17) is 0 Å². The second kappa shape index (κ2) is 11.9. The SMILES string of the molecule is Cc1ccccc1Cc1ccc(N(c2ccccc2)c2cc(C)c(-c3ccccc3C)c(-c3ccc4c(c3)C=CC4)c2)cc1. The van der Waals surface area contributed by atoms with Crippen LogP contribution in [-0.2, 0) is 12.8 Å². The number of fused-ring (bicyclic) bond motifs is 1. The highest BCUT2D eigenvalue weighted by Crippen LogP contribution is 2.44. The smallest absolute Gasteiger partial charge is 0.0470 e. The van der Waals surface area contributed by atoms with Gasteiger partial charge in [0.05, 0.1) is 0 Å². The van der Waals surface area contributed by atoms with Gasteiger partial charge in [-0.3, -0.25) is 0 Å². The van der Waals surface area contributed by atoms with E-state index in [9.17, 15) is 0 Å². The predicted molar refractivity (Wildman–Crippen MR) is 188 cm³/mol. The lowest BCUT2D eigenvalue weighted by Gasteiger charge is -2.28. The maximum atomic E-state index is 2.39. The molecule has 0 aliphatic heterocycles. The standard InChI is InChI=1S/C43H37N/c1-30-12-7-9-14-35(30)27-33-20-24-39(25-21-33)44(38-17-5-4-6-18-38)40-26-32(3)43(41-19-10-8-13-31(41)2)42(29-40)37-23-22-34-15-11-16-36(34)28-37/h4-14,16-26,28-29H,15,27H2,1-3H3. The fourth-order valence-electron chi connectivity index (χ4n) is 6.57. The summed E-state index contributed by atoms with van der Waals surface area (Å²) in [6, 6.07) is 49.0. The second-order valence-electron chi connectivity index (χ2n) is 12.0. The lowest BCUT2D eigenvalue weighted by atomic mass is 9.87. The Morgan fingerprint density at radius 1 is 0.545 bits per heavy atom. The van der Waals surface area contributed by atoms with Gasteiger partial charge in [-0.15, -0.1) is 0 Å². The largest absolute Gasteiger partial charge is 0.310 e. The zero-order valence-electron chi connectivity index (χ0n) is 25.7. The Hall–Kier alpha value is -5.14. The van der Waals surface area contributed by atoms with Crippen molar-refractivity contribution in [1.82, 2.24) is 0 Å². The van der Waals surface area contributed by atoms with Gasteiger partial charge in [-0.2, -0.15) is 0 Å². The molecule has 0 bridgehead atoms. The Morgan fingerprint density at radius 3 is 2.02 bits per heavy atom. The van der Waals surface area contributed by atoms with Gasteiger partial charge in [0.2, 0.25) is 0 Å². The third-order valence-corrected chi connectivity index (χ3v) is 8.95. The second-order valence-corrected chi connectivity index (χ2v) is 12.0. The molecule has 0 amide bonds. The minimum absolute atomic E-state index is 0.930. The van der Waals surface area contributed by atoms with Crippen LogP contribution >= 0.6 is 0 Å². The minimum Gasteiger partial charge on any atom is -0.310 e. The first-order chi connectivity index (χ1) is 21.5. The summed E-state index contributed by atoms with van der Waals surface area (Å²) < 4.78 is 0. The fraction of sp³-hybridized carbons (Fsp3) is 0.116. The highest BCUT2D eigenvalue weighted by Gasteiger charge is 2.20. The first kappa shape index (κ1) is 27.7. The van der Waals surface area contributed by atoms with Crippen LogP contribution in [0.15, 0.2) is 140 Å². The van der Waals surface area contributed by atoms with Gasteiger partial charge in [-0.25, -0.2) is 0 Å². The Bertz CT molecular complexity index is 1980. The maximum Gasteiger partial charge on any atom is 0.0470 e. The van der Waals surface area contributed by atoms with E-state index < -0.39 is 0 Å². The van der Waals surface area contributed by atoms with Crippen molar-refractivity contribution in [1.29, 1.82) is 0 Å². The van der Waals surface area contributed by atoms with Crippen LogP contribution in [0.25, 0.3) is 28.3 Å². The van der Waals surface area contributed by atoms with E-state index in [1.54, 1.807) is 0 Å². The summed E-state index contributed by atoms with van der Waals surface area (Å²) >= 11 is 0.